The second-order valence-corrected chi connectivity index (χ2v) is 6.62. The van der Waals surface area contributed by atoms with Crippen LogP contribution in [0, 0.1) is 0 Å². The highest BCUT2D eigenvalue weighted by molar-refractivity contribution is 7.93. The Morgan fingerprint density at radius 2 is 1.65 bits per heavy atom. The van der Waals surface area contributed by atoms with E-state index in [-0.39, 0.29) is 5.75 Å². The Labute approximate surface area is 122 Å². The number of sulfonamides is 1. The number of hydrogen-bond donors (Lipinski definition) is 0. The molecule has 1 aliphatic rings. The van der Waals surface area contributed by atoms with E-state index >= 15 is 0 Å². The molecule has 0 saturated heterocycles. The van der Waals surface area contributed by atoms with E-state index in [4.69, 9.17) is 11.6 Å². The fourth-order valence-electron chi connectivity index (χ4n) is 1.99. The van der Waals surface area contributed by atoms with Crippen molar-refractivity contribution in [3.8, 4) is 0 Å². The highest BCUT2D eigenvalue weighted by Crippen LogP contribution is 2.25. The molecule has 1 heterocycles. The maximum Gasteiger partial charge on any atom is 0.260 e. The number of benzene rings is 2. The molecule has 0 bridgehead atoms. The average molecular weight is 307 g/mol. The molecule has 102 valence electrons. The zero-order chi connectivity index (χ0) is 14.2. The maximum absolute atomic E-state index is 12.2. The van der Waals surface area contributed by atoms with E-state index in [9.17, 15) is 8.42 Å². The smallest absolute Gasteiger partial charge is 0.204 e. The first-order valence-corrected chi connectivity index (χ1v) is 7.96. The Morgan fingerprint density at radius 1 is 1.00 bits per heavy atom. The molecular formula is C14H11ClN2O2S. The van der Waals surface area contributed by atoms with Gasteiger partial charge in [0.15, 0.2) is 0 Å². The molecule has 0 atom stereocenters. The van der Waals surface area contributed by atoms with Crippen LogP contribution in [0.3, 0.4) is 0 Å². The summed E-state index contributed by atoms with van der Waals surface area (Å²) in [6.07, 6.45) is 0. The van der Waals surface area contributed by atoms with Gasteiger partial charge in [0, 0.05) is 5.02 Å². The molecule has 0 amide bonds. The number of anilines is 1. The van der Waals surface area contributed by atoms with Crippen molar-refractivity contribution in [2.45, 2.75) is 0 Å². The predicted molar refractivity (Wildman–Crippen MR) is 80.7 cm³/mol. The number of halogens is 1. The van der Waals surface area contributed by atoms with Gasteiger partial charge in [0.25, 0.3) is 10.0 Å². The van der Waals surface area contributed by atoms with E-state index in [1.807, 2.05) is 6.07 Å². The molecule has 2 aromatic rings. The van der Waals surface area contributed by atoms with Crippen molar-refractivity contribution in [2.24, 2.45) is 5.10 Å². The van der Waals surface area contributed by atoms with Crippen LogP contribution in [-0.2, 0) is 10.0 Å². The first-order chi connectivity index (χ1) is 9.56. The van der Waals surface area contributed by atoms with E-state index in [2.05, 4.69) is 5.10 Å². The van der Waals surface area contributed by atoms with Crippen LogP contribution >= 0.6 is 11.6 Å². The van der Waals surface area contributed by atoms with Gasteiger partial charge in [-0.15, -0.1) is 0 Å². The van der Waals surface area contributed by atoms with Crippen LogP contribution in [0.2, 0.25) is 5.02 Å². The first kappa shape index (κ1) is 13.1. The van der Waals surface area contributed by atoms with Crippen LogP contribution in [0.25, 0.3) is 0 Å². The van der Waals surface area contributed by atoms with Gasteiger partial charge in [-0.05, 0) is 29.8 Å². The van der Waals surface area contributed by atoms with Crippen molar-refractivity contribution in [1.82, 2.24) is 0 Å². The van der Waals surface area contributed by atoms with Crippen LogP contribution in [0.4, 0.5) is 5.69 Å². The van der Waals surface area contributed by atoms with Gasteiger partial charge in [0.1, 0.15) is 5.75 Å². The molecule has 0 N–H and O–H groups in total. The lowest BCUT2D eigenvalue weighted by Crippen LogP contribution is -2.22. The molecule has 0 aliphatic carbocycles. The number of para-hydroxylation sites is 1. The molecular weight excluding hydrogens is 296 g/mol. The van der Waals surface area contributed by atoms with Crippen LogP contribution in [-0.4, -0.2) is 19.9 Å². The zero-order valence-corrected chi connectivity index (χ0v) is 12.0. The fourth-order valence-corrected chi connectivity index (χ4v) is 3.48. The third-order valence-corrected chi connectivity index (χ3v) is 4.66. The molecule has 0 unspecified atom stereocenters. The second-order valence-electron chi connectivity index (χ2n) is 4.39. The summed E-state index contributed by atoms with van der Waals surface area (Å²) in [6.45, 7) is 0. The SMILES string of the molecule is O=S1(=O)CC(c2ccc(Cl)cc2)=NN1c1ccccc1. The summed E-state index contributed by atoms with van der Waals surface area (Å²) in [5, 5.41) is 4.84. The monoisotopic (exact) mass is 306 g/mol. The van der Waals surface area contributed by atoms with E-state index in [1.54, 1.807) is 48.5 Å². The lowest BCUT2D eigenvalue weighted by Gasteiger charge is -2.12. The van der Waals surface area contributed by atoms with Crippen molar-refractivity contribution in [3.63, 3.8) is 0 Å². The maximum atomic E-state index is 12.2. The summed E-state index contributed by atoms with van der Waals surface area (Å²) >= 11 is 5.83. The van der Waals surface area contributed by atoms with Gasteiger partial charge in [-0.1, -0.05) is 41.9 Å². The Hall–Kier alpha value is -1.85. The summed E-state index contributed by atoms with van der Waals surface area (Å²) in [7, 11) is -3.45. The van der Waals surface area contributed by atoms with Gasteiger partial charge in [-0.3, -0.25) is 0 Å². The minimum Gasteiger partial charge on any atom is -0.204 e. The Kier molecular flexibility index (Phi) is 3.23. The summed E-state index contributed by atoms with van der Waals surface area (Å²) in [5.41, 5.74) is 1.82. The van der Waals surface area contributed by atoms with Gasteiger partial charge in [-0.25, -0.2) is 8.42 Å². The standard InChI is InChI=1S/C14H11ClN2O2S/c15-12-8-6-11(7-9-12)14-10-20(18,19)17(16-14)13-4-2-1-3-5-13/h1-9H,10H2. The fraction of sp³-hybridized carbons (Fsp3) is 0.0714. The van der Waals surface area contributed by atoms with Crippen molar-refractivity contribution < 1.29 is 8.42 Å². The molecule has 1 aliphatic heterocycles. The summed E-state index contributed by atoms with van der Waals surface area (Å²) in [6, 6.07) is 15.8. The summed E-state index contributed by atoms with van der Waals surface area (Å²) in [5.74, 6) is -0.108. The van der Waals surface area contributed by atoms with Gasteiger partial charge >= 0.3 is 0 Å². The number of rotatable bonds is 2. The molecule has 3 rings (SSSR count). The normalized spacial score (nSPS) is 17.1. The quantitative estimate of drug-likeness (QED) is 0.856. The molecule has 20 heavy (non-hydrogen) atoms. The molecule has 6 heteroatoms. The third-order valence-electron chi connectivity index (χ3n) is 2.95. The topological polar surface area (TPSA) is 49.7 Å². The Bertz CT molecular complexity index is 756. The van der Waals surface area contributed by atoms with E-state index in [0.29, 0.717) is 16.4 Å². The lowest BCUT2D eigenvalue weighted by atomic mass is 10.1. The number of hydrogen-bond acceptors (Lipinski definition) is 3. The van der Waals surface area contributed by atoms with Gasteiger partial charge in [0.05, 0.1) is 11.4 Å². The third kappa shape index (κ3) is 2.42. The first-order valence-electron chi connectivity index (χ1n) is 5.98. The van der Waals surface area contributed by atoms with E-state index in [0.717, 1.165) is 9.98 Å². The average Bonchev–Trinajstić information content (AvgIpc) is 2.76. The highest BCUT2D eigenvalue weighted by Gasteiger charge is 2.32. The van der Waals surface area contributed by atoms with Crippen LogP contribution < -0.4 is 4.41 Å². The minimum atomic E-state index is -3.45. The molecule has 0 fully saturated rings. The summed E-state index contributed by atoms with van der Waals surface area (Å²) < 4.78 is 25.5. The van der Waals surface area contributed by atoms with Crippen molar-refractivity contribution >= 4 is 33.0 Å². The Morgan fingerprint density at radius 3 is 2.30 bits per heavy atom. The van der Waals surface area contributed by atoms with Gasteiger partial charge in [0.2, 0.25) is 0 Å². The lowest BCUT2D eigenvalue weighted by molar-refractivity contribution is 0.598. The predicted octanol–water partition coefficient (Wildman–Crippen LogP) is 2.89. The van der Waals surface area contributed by atoms with Crippen molar-refractivity contribution in [2.75, 3.05) is 10.2 Å². The highest BCUT2D eigenvalue weighted by atomic mass is 35.5. The van der Waals surface area contributed by atoms with E-state index < -0.39 is 10.0 Å². The van der Waals surface area contributed by atoms with Gasteiger partial charge in [-0.2, -0.15) is 9.52 Å². The largest absolute Gasteiger partial charge is 0.260 e. The molecule has 0 spiro atoms. The molecule has 0 saturated carbocycles. The number of hydrazone groups is 1. The van der Waals surface area contributed by atoms with Crippen LogP contribution in [0.15, 0.2) is 59.7 Å². The molecule has 2 aromatic carbocycles. The van der Waals surface area contributed by atoms with Crippen molar-refractivity contribution in [3.05, 3.63) is 65.2 Å². The molecule has 4 nitrogen and oxygen atoms in total. The minimum absolute atomic E-state index is 0.108. The summed E-state index contributed by atoms with van der Waals surface area (Å²) in [4.78, 5) is 0. The number of nitrogens with zero attached hydrogens (tertiary/aromatic N) is 2. The van der Waals surface area contributed by atoms with Crippen LogP contribution in [0.1, 0.15) is 5.56 Å². The molecule has 0 radical (unpaired) electrons. The second kappa shape index (κ2) is 4.92. The zero-order valence-electron chi connectivity index (χ0n) is 10.4. The Balaban J connectivity index is 2.02. The van der Waals surface area contributed by atoms with E-state index in [1.165, 1.54) is 0 Å². The molecule has 0 aromatic heterocycles. The van der Waals surface area contributed by atoms with Gasteiger partial charge < -0.3 is 0 Å². The van der Waals surface area contributed by atoms with Crippen LogP contribution in [0.5, 0.6) is 0 Å². The van der Waals surface area contributed by atoms with Crippen molar-refractivity contribution in [1.29, 1.82) is 0 Å².